The van der Waals surface area contributed by atoms with Crippen LogP contribution in [0.3, 0.4) is 0 Å². The zero-order valence-corrected chi connectivity index (χ0v) is 12.4. The second-order valence-electron chi connectivity index (χ2n) is 4.67. The van der Waals surface area contributed by atoms with Gasteiger partial charge in [-0.3, -0.25) is 0 Å². The monoisotopic (exact) mass is 316 g/mol. The van der Waals surface area contributed by atoms with Crippen LogP contribution in [-0.4, -0.2) is 12.7 Å². The molecule has 1 aliphatic rings. The van der Waals surface area contributed by atoms with Gasteiger partial charge in [0.15, 0.2) is 0 Å². The molecule has 1 aliphatic carbocycles. The highest BCUT2D eigenvalue weighted by Crippen LogP contribution is 2.39. The van der Waals surface area contributed by atoms with Crippen LogP contribution in [0.4, 0.5) is 0 Å². The molecule has 94 valence electrons. The van der Waals surface area contributed by atoms with Gasteiger partial charge in [0.2, 0.25) is 0 Å². The molecule has 1 aromatic rings. The maximum Gasteiger partial charge on any atom is 0.0587 e. The van der Waals surface area contributed by atoms with E-state index in [1.54, 1.807) is 0 Å². The molecule has 0 amide bonds. The fourth-order valence-electron chi connectivity index (χ4n) is 2.34. The van der Waals surface area contributed by atoms with E-state index in [1.807, 2.05) is 0 Å². The number of ether oxygens (including phenoxy) is 1. The Labute approximate surface area is 117 Å². The molecule has 0 spiro atoms. The second kappa shape index (κ2) is 6.21. The molecular formula is C14H18BrClO. The lowest BCUT2D eigenvalue weighted by atomic mass is 9.78. The van der Waals surface area contributed by atoms with E-state index in [0.717, 1.165) is 23.4 Å². The molecule has 0 heterocycles. The molecule has 1 saturated carbocycles. The van der Waals surface area contributed by atoms with Crippen LogP contribution in [-0.2, 0) is 4.74 Å². The lowest BCUT2D eigenvalue weighted by Gasteiger charge is -2.36. The lowest BCUT2D eigenvalue weighted by Crippen LogP contribution is -2.31. The van der Waals surface area contributed by atoms with Crippen molar-refractivity contribution in [1.82, 2.24) is 0 Å². The summed E-state index contributed by atoms with van der Waals surface area (Å²) >= 11 is 9.87. The third-order valence-corrected chi connectivity index (χ3v) is 4.33. The summed E-state index contributed by atoms with van der Waals surface area (Å²) in [6.07, 6.45) is 3.90. The Bertz CT molecular complexity index is 346. The Hall–Kier alpha value is -0.0500. The van der Waals surface area contributed by atoms with Crippen LogP contribution < -0.4 is 0 Å². The summed E-state index contributed by atoms with van der Waals surface area (Å²) in [5.74, 6) is 0.734. The summed E-state index contributed by atoms with van der Waals surface area (Å²) in [7, 11) is 0. The first-order valence-electron chi connectivity index (χ1n) is 6.20. The molecule has 0 bridgehead atoms. The molecule has 1 aromatic carbocycles. The minimum atomic E-state index is 0.135. The molecule has 1 fully saturated rings. The van der Waals surface area contributed by atoms with Gasteiger partial charge in [0.25, 0.3) is 0 Å². The average Bonchev–Trinajstić information content (AvgIpc) is 2.27. The number of halogens is 2. The molecule has 1 nitrogen and oxygen atoms in total. The molecule has 0 saturated heterocycles. The molecule has 17 heavy (non-hydrogen) atoms. The quantitative estimate of drug-likeness (QED) is 0.699. The lowest BCUT2D eigenvalue weighted by molar-refractivity contribution is -0.0267. The summed E-state index contributed by atoms with van der Waals surface area (Å²) in [6, 6.07) is 8.30. The highest BCUT2D eigenvalue weighted by atomic mass is 79.9. The summed E-state index contributed by atoms with van der Waals surface area (Å²) in [5.41, 5.74) is 1.22. The minimum Gasteiger partial charge on any atom is -0.378 e. The van der Waals surface area contributed by atoms with Crippen LogP contribution in [0.2, 0.25) is 0 Å². The highest BCUT2D eigenvalue weighted by molar-refractivity contribution is 9.10. The smallest absolute Gasteiger partial charge is 0.0587 e. The zero-order chi connectivity index (χ0) is 12.3. The van der Waals surface area contributed by atoms with Crippen molar-refractivity contribution in [2.24, 2.45) is 5.92 Å². The van der Waals surface area contributed by atoms with E-state index in [1.165, 1.54) is 18.4 Å². The van der Waals surface area contributed by atoms with E-state index in [0.29, 0.717) is 6.10 Å². The van der Waals surface area contributed by atoms with Gasteiger partial charge >= 0.3 is 0 Å². The summed E-state index contributed by atoms with van der Waals surface area (Å²) in [4.78, 5) is 0. The molecule has 1 atom stereocenters. The van der Waals surface area contributed by atoms with Crippen LogP contribution in [0.15, 0.2) is 28.7 Å². The van der Waals surface area contributed by atoms with Crippen molar-refractivity contribution in [3.63, 3.8) is 0 Å². The molecule has 0 N–H and O–H groups in total. The Morgan fingerprint density at radius 1 is 1.35 bits per heavy atom. The maximum absolute atomic E-state index is 6.43. The second-order valence-corrected chi connectivity index (χ2v) is 6.11. The van der Waals surface area contributed by atoms with Crippen LogP contribution >= 0.6 is 27.5 Å². The predicted octanol–water partition coefficient (Wildman–Crippen LogP) is 4.93. The predicted molar refractivity (Wildman–Crippen MR) is 75.5 cm³/mol. The van der Waals surface area contributed by atoms with E-state index in [-0.39, 0.29) is 5.38 Å². The van der Waals surface area contributed by atoms with Gasteiger partial charge < -0.3 is 4.74 Å². The fraction of sp³-hybridized carbons (Fsp3) is 0.571. The largest absolute Gasteiger partial charge is 0.378 e. The van der Waals surface area contributed by atoms with E-state index in [9.17, 15) is 0 Å². The number of hydrogen-bond acceptors (Lipinski definition) is 1. The van der Waals surface area contributed by atoms with Gasteiger partial charge in [-0.2, -0.15) is 0 Å². The number of hydrogen-bond donors (Lipinski definition) is 0. The normalized spacial score (nSPS) is 25.4. The van der Waals surface area contributed by atoms with Gasteiger partial charge in [0, 0.05) is 11.1 Å². The highest BCUT2D eigenvalue weighted by Gasteiger charge is 2.31. The van der Waals surface area contributed by atoms with Crippen molar-refractivity contribution < 1.29 is 4.74 Å². The molecule has 2 rings (SSSR count). The van der Waals surface area contributed by atoms with Crippen LogP contribution in [0, 0.1) is 5.92 Å². The molecule has 0 aliphatic heterocycles. The van der Waals surface area contributed by atoms with Crippen molar-refractivity contribution >= 4 is 27.5 Å². The van der Waals surface area contributed by atoms with E-state index in [2.05, 4.69) is 47.1 Å². The van der Waals surface area contributed by atoms with E-state index >= 15 is 0 Å². The first kappa shape index (κ1) is 13.4. The van der Waals surface area contributed by atoms with Crippen molar-refractivity contribution in [2.45, 2.75) is 37.7 Å². The minimum absolute atomic E-state index is 0.135. The van der Waals surface area contributed by atoms with Crippen LogP contribution in [0.25, 0.3) is 0 Å². The van der Waals surface area contributed by atoms with E-state index in [4.69, 9.17) is 16.3 Å². The molecule has 1 unspecified atom stereocenters. The first-order valence-corrected chi connectivity index (χ1v) is 7.43. The summed E-state index contributed by atoms with van der Waals surface area (Å²) < 4.78 is 6.66. The molecule has 0 aromatic heterocycles. The summed E-state index contributed by atoms with van der Waals surface area (Å²) in [6.45, 7) is 2.88. The van der Waals surface area contributed by atoms with Gasteiger partial charge in [-0.05, 0) is 49.8 Å². The average molecular weight is 318 g/mol. The van der Waals surface area contributed by atoms with Crippen molar-refractivity contribution in [1.29, 1.82) is 0 Å². The third-order valence-electron chi connectivity index (χ3n) is 3.37. The Kier molecular flexibility index (Phi) is 4.89. The van der Waals surface area contributed by atoms with Gasteiger partial charge in [-0.1, -0.05) is 28.1 Å². The molecule has 3 heteroatoms. The number of rotatable bonds is 5. The maximum atomic E-state index is 6.43. The van der Waals surface area contributed by atoms with Crippen LogP contribution in [0.5, 0.6) is 0 Å². The van der Waals surface area contributed by atoms with Gasteiger partial charge in [0.05, 0.1) is 11.5 Å². The van der Waals surface area contributed by atoms with Crippen molar-refractivity contribution in [3.8, 4) is 0 Å². The van der Waals surface area contributed by atoms with Gasteiger partial charge in [0.1, 0.15) is 0 Å². The van der Waals surface area contributed by atoms with Gasteiger partial charge in [-0.15, -0.1) is 11.6 Å². The molecule has 0 radical (unpaired) electrons. The van der Waals surface area contributed by atoms with Gasteiger partial charge in [-0.25, -0.2) is 0 Å². The summed E-state index contributed by atoms with van der Waals surface area (Å²) in [5, 5.41) is 0.135. The van der Waals surface area contributed by atoms with Crippen LogP contribution in [0.1, 0.15) is 37.1 Å². The Balaban J connectivity index is 1.78. The first-order chi connectivity index (χ1) is 8.19. The number of benzene rings is 1. The number of alkyl halides is 1. The van der Waals surface area contributed by atoms with Crippen molar-refractivity contribution in [3.05, 3.63) is 34.3 Å². The third kappa shape index (κ3) is 3.70. The van der Waals surface area contributed by atoms with Crippen molar-refractivity contribution in [2.75, 3.05) is 6.61 Å². The Morgan fingerprint density at radius 3 is 2.59 bits per heavy atom. The topological polar surface area (TPSA) is 9.23 Å². The molecular weight excluding hydrogens is 300 g/mol. The SMILES string of the molecule is CCOC1CC(CC(Cl)c2ccc(Br)cc2)C1. The zero-order valence-electron chi connectivity index (χ0n) is 10.0. The Morgan fingerprint density at radius 2 is 2.00 bits per heavy atom. The van der Waals surface area contributed by atoms with E-state index < -0.39 is 0 Å². The fourth-order valence-corrected chi connectivity index (χ4v) is 3.00. The standard InChI is InChI=1S/C14H18BrClO/c1-2-17-13-7-10(8-13)9-14(16)11-3-5-12(15)6-4-11/h3-6,10,13-14H,2,7-9H2,1H3.